The standard InChI is InChI=1S/C14H18ClNO4/c15-12-6-2-3-7-13(12)16-10-17-19-14(20-18-11-16)8-4-1-5-9-14/h2-3,6-7H,1,4-5,8-11H2. The molecule has 0 atom stereocenters. The average Bonchev–Trinajstić information content (AvgIpc) is 2.45. The molecule has 0 aromatic heterocycles. The normalized spacial score (nSPS) is 23.4. The van der Waals surface area contributed by atoms with Gasteiger partial charge in [-0.15, -0.1) is 0 Å². The summed E-state index contributed by atoms with van der Waals surface area (Å²) >= 11 is 6.16. The van der Waals surface area contributed by atoms with Gasteiger partial charge in [-0.05, 0) is 25.0 Å². The van der Waals surface area contributed by atoms with Crippen molar-refractivity contribution in [2.75, 3.05) is 18.4 Å². The van der Waals surface area contributed by atoms with Gasteiger partial charge in [0.25, 0.3) is 0 Å². The molecular formula is C14H18ClNO4. The first-order valence-corrected chi connectivity index (χ1v) is 7.28. The molecule has 5 nitrogen and oxygen atoms in total. The lowest BCUT2D eigenvalue weighted by Gasteiger charge is -2.37. The highest BCUT2D eigenvalue weighted by atomic mass is 35.5. The molecule has 1 saturated heterocycles. The van der Waals surface area contributed by atoms with E-state index in [2.05, 4.69) is 0 Å². The van der Waals surface area contributed by atoms with Crippen molar-refractivity contribution in [1.82, 2.24) is 0 Å². The number of benzene rings is 1. The SMILES string of the molecule is Clc1ccccc1N1COOC2(CCCCC2)OOC1. The lowest BCUT2D eigenvalue weighted by molar-refractivity contribution is -0.527. The zero-order chi connectivity index (χ0) is 13.8. The summed E-state index contributed by atoms with van der Waals surface area (Å²) in [5, 5.41) is 0.632. The van der Waals surface area contributed by atoms with E-state index in [1.807, 2.05) is 24.3 Å². The molecule has 1 aromatic carbocycles. The van der Waals surface area contributed by atoms with E-state index >= 15 is 0 Å². The van der Waals surface area contributed by atoms with E-state index in [9.17, 15) is 0 Å². The van der Waals surface area contributed by atoms with Gasteiger partial charge in [0.05, 0.1) is 10.7 Å². The summed E-state index contributed by atoms with van der Waals surface area (Å²) in [6.07, 6.45) is 4.89. The Labute approximate surface area is 123 Å². The molecule has 2 fully saturated rings. The van der Waals surface area contributed by atoms with Gasteiger partial charge in [-0.2, -0.15) is 9.78 Å². The molecule has 1 aliphatic carbocycles. The lowest BCUT2D eigenvalue weighted by Crippen LogP contribution is -2.44. The van der Waals surface area contributed by atoms with Crippen molar-refractivity contribution in [2.45, 2.75) is 37.9 Å². The highest BCUT2D eigenvalue weighted by Gasteiger charge is 2.38. The van der Waals surface area contributed by atoms with E-state index in [0.29, 0.717) is 5.02 Å². The Kier molecular flexibility index (Phi) is 4.43. The van der Waals surface area contributed by atoms with E-state index in [1.165, 1.54) is 6.42 Å². The molecule has 1 aliphatic heterocycles. The Morgan fingerprint density at radius 1 is 0.950 bits per heavy atom. The van der Waals surface area contributed by atoms with Gasteiger partial charge in [0, 0.05) is 12.8 Å². The first-order chi connectivity index (χ1) is 9.79. The van der Waals surface area contributed by atoms with Crippen LogP contribution in [0.25, 0.3) is 0 Å². The van der Waals surface area contributed by atoms with Gasteiger partial charge in [-0.25, -0.2) is 9.78 Å². The van der Waals surface area contributed by atoms with E-state index in [1.54, 1.807) is 4.90 Å². The van der Waals surface area contributed by atoms with Crippen LogP contribution in [0.1, 0.15) is 32.1 Å². The highest BCUT2D eigenvalue weighted by molar-refractivity contribution is 6.33. The summed E-state index contributed by atoms with van der Waals surface area (Å²) in [5.74, 6) is -0.745. The maximum Gasteiger partial charge on any atom is 0.234 e. The molecule has 0 amide bonds. The van der Waals surface area contributed by atoms with Crippen LogP contribution in [0.4, 0.5) is 5.69 Å². The third kappa shape index (κ3) is 3.07. The number of halogens is 1. The summed E-state index contributed by atoms with van der Waals surface area (Å²) < 4.78 is 0. The van der Waals surface area contributed by atoms with Gasteiger partial charge in [0.1, 0.15) is 0 Å². The number of anilines is 1. The molecule has 0 N–H and O–H groups in total. The Hall–Kier alpha value is -0.850. The van der Waals surface area contributed by atoms with Crippen LogP contribution in [0.3, 0.4) is 0 Å². The molecule has 6 heteroatoms. The second kappa shape index (κ2) is 6.28. The number of para-hydroxylation sites is 1. The summed E-state index contributed by atoms with van der Waals surface area (Å²) in [7, 11) is 0. The van der Waals surface area contributed by atoms with E-state index < -0.39 is 5.79 Å². The van der Waals surface area contributed by atoms with E-state index in [-0.39, 0.29) is 13.5 Å². The van der Waals surface area contributed by atoms with Crippen LogP contribution in [0.5, 0.6) is 0 Å². The zero-order valence-corrected chi connectivity index (χ0v) is 12.0. The van der Waals surface area contributed by atoms with Gasteiger partial charge in [0.2, 0.25) is 5.79 Å². The maximum absolute atomic E-state index is 6.16. The van der Waals surface area contributed by atoms with Crippen molar-refractivity contribution >= 4 is 17.3 Å². The number of nitrogens with zero attached hydrogens (tertiary/aromatic N) is 1. The predicted molar refractivity (Wildman–Crippen MR) is 73.8 cm³/mol. The summed E-state index contributed by atoms with van der Waals surface area (Å²) in [4.78, 5) is 23.4. The monoisotopic (exact) mass is 299 g/mol. The Bertz CT molecular complexity index is 439. The third-order valence-corrected chi connectivity index (χ3v) is 3.97. The summed E-state index contributed by atoms with van der Waals surface area (Å²) in [6, 6.07) is 7.50. The van der Waals surface area contributed by atoms with Gasteiger partial charge in [-0.3, -0.25) is 0 Å². The fraction of sp³-hybridized carbons (Fsp3) is 0.571. The van der Waals surface area contributed by atoms with E-state index in [4.69, 9.17) is 31.2 Å². The number of rotatable bonds is 1. The van der Waals surface area contributed by atoms with Crippen LogP contribution in [0, 0.1) is 0 Å². The predicted octanol–water partition coefficient (Wildman–Crippen LogP) is 3.63. The first kappa shape index (κ1) is 14.1. The van der Waals surface area contributed by atoms with Crippen molar-refractivity contribution in [1.29, 1.82) is 0 Å². The topological polar surface area (TPSA) is 40.2 Å². The molecule has 1 heterocycles. The van der Waals surface area contributed by atoms with Gasteiger partial charge in [-0.1, -0.05) is 30.2 Å². The second-order valence-corrected chi connectivity index (χ2v) is 5.53. The van der Waals surface area contributed by atoms with Crippen LogP contribution >= 0.6 is 11.6 Å². The smallest absolute Gasteiger partial charge is 0.234 e. The van der Waals surface area contributed by atoms with Crippen LogP contribution < -0.4 is 4.90 Å². The number of hydrogen-bond donors (Lipinski definition) is 0. The van der Waals surface area contributed by atoms with Crippen molar-refractivity contribution in [3.8, 4) is 0 Å². The fourth-order valence-corrected chi connectivity index (χ4v) is 2.81. The summed E-state index contributed by atoms with van der Waals surface area (Å²) in [5.41, 5.74) is 0.820. The highest BCUT2D eigenvalue weighted by Crippen LogP contribution is 2.35. The minimum absolute atomic E-state index is 0.245. The minimum Gasteiger partial charge on any atom is -0.318 e. The number of hydrogen-bond acceptors (Lipinski definition) is 5. The molecule has 110 valence electrons. The zero-order valence-electron chi connectivity index (χ0n) is 11.2. The van der Waals surface area contributed by atoms with Gasteiger partial charge >= 0.3 is 0 Å². The van der Waals surface area contributed by atoms with Crippen molar-refractivity contribution in [2.24, 2.45) is 0 Å². The lowest BCUT2D eigenvalue weighted by atomic mass is 9.94. The Morgan fingerprint density at radius 2 is 1.60 bits per heavy atom. The van der Waals surface area contributed by atoms with Crippen molar-refractivity contribution < 1.29 is 19.6 Å². The molecule has 0 unspecified atom stereocenters. The quantitative estimate of drug-likeness (QED) is 0.741. The van der Waals surface area contributed by atoms with Gasteiger partial charge in [0.15, 0.2) is 13.5 Å². The van der Waals surface area contributed by atoms with Crippen LogP contribution in [-0.4, -0.2) is 19.2 Å². The molecule has 1 spiro atoms. The minimum atomic E-state index is -0.745. The first-order valence-electron chi connectivity index (χ1n) is 6.90. The average molecular weight is 300 g/mol. The molecule has 1 aromatic rings. The third-order valence-electron chi connectivity index (χ3n) is 3.65. The van der Waals surface area contributed by atoms with Crippen LogP contribution in [0.2, 0.25) is 5.02 Å². The Morgan fingerprint density at radius 3 is 2.25 bits per heavy atom. The second-order valence-electron chi connectivity index (χ2n) is 5.12. The molecule has 2 aliphatic rings. The maximum atomic E-state index is 6.16. The molecule has 20 heavy (non-hydrogen) atoms. The van der Waals surface area contributed by atoms with Crippen LogP contribution in [-0.2, 0) is 19.6 Å². The largest absolute Gasteiger partial charge is 0.318 e. The van der Waals surface area contributed by atoms with Crippen molar-refractivity contribution in [3.63, 3.8) is 0 Å². The summed E-state index contributed by atoms with van der Waals surface area (Å²) in [6.45, 7) is 0.490. The Balaban J connectivity index is 1.65. The van der Waals surface area contributed by atoms with Crippen LogP contribution in [0.15, 0.2) is 24.3 Å². The molecule has 0 radical (unpaired) electrons. The van der Waals surface area contributed by atoms with Gasteiger partial charge < -0.3 is 4.90 Å². The molecule has 0 bridgehead atoms. The van der Waals surface area contributed by atoms with Crippen molar-refractivity contribution in [3.05, 3.63) is 29.3 Å². The molecule has 1 saturated carbocycles. The molecular weight excluding hydrogens is 282 g/mol. The van der Waals surface area contributed by atoms with E-state index in [0.717, 1.165) is 31.4 Å². The fourth-order valence-electron chi connectivity index (χ4n) is 2.55. The molecule has 3 rings (SSSR count).